The zero-order valence-corrected chi connectivity index (χ0v) is 15.9. The van der Waals surface area contributed by atoms with Crippen LogP contribution < -0.4 is 4.90 Å². The molecule has 1 aromatic carbocycles. The van der Waals surface area contributed by atoms with Gasteiger partial charge in [-0.15, -0.1) is 0 Å². The maximum Gasteiger partial charge on any atom is 0.435 e. The standard InChI is InChI=1S/C18H19ClF3N3O2/c1-4-27-16(26)14-15(18(20,21)22)23-17-24(6-5-7-25(14)17)13-11(3)8-10(2)9-12(13)19/h8-9H,4-7H2,1-3H3. The van der Waals surface area contributed by atoms with Crippen molar-refractivity contribution in [2.75, 3.05) is 18.1 Å². The van der Waals surface area contributed by atoms with E-state index in [1.807, 2.05) is 19.9 Å². The van der Waals surface area contributed by atoms with E-state index < -0.39 is 23.5 Å². The Morgan fingerprint density at radius 3 is 2.59 bits per heavy atom. The van der Waals surface area contributed by atoms with Gasteiger partial charge in [-0.2, -0.15) is 13.2 Å². The summed E-state index contributed by atoms with van der Waals surface area (Å²) in [5.74, 6) is -0.984. The van der Waals surface area contributed by atoms with Crippen LogP contribution in [-0.4, -0.2) is 28.7 Å². The SMILES string of the molecule is CCOC(=O)c1c(C(F)(F)F)nc2n1CCCN2c1c(C)cc(C)cc1Cl. The first-order chi connectivity index (χ1) is 12.6. The van der Waals surface area contributed by atoms with Crippen LogP contribution in [0.15, 0.2) is 12.1 Å². The number of benzene rings is 1. The number of alkyl halides is 3. The molecule has 0 aliphatic carbocycles. The Hall–Kier alpha value is -2.22. The second kappa shape index (κ2) is 7.07. The first kappa shape index (κ1) is 19.5. The first-order valence-corrected chi connectivity index (χ1v) is 8.92. The molecular weight excluding hydrogens is 383 g/mol. The van der Waals surface area contributed by atoms with Gasteiger partial charge in [-0.05, 0) is 44.4 Å². The normalized spacial score (nSPS) is 14.3. The Morgan fingerprint density at radius 1 is 1.30 bits per heavy atom. The smallest absolute Gasteiger partial charge is 0.435 e. The molecule has 0 spiro atoms. The molecule has 0 atom stereocenters. The predicted octanol–water partition coefficient (Wildman–Crippen LogP) is 4.89. The van der Waals surface area contributed by atoms with Crippen LogP contribution in [-0.2, 0) is 17.5 Å². The highest BCUT2D eigenvalue weighted by Gasteiger charge is 2.43. The van der Waals surface area contributed by atoms with Gasteiger partial charge in [0.1, 0.15) is 0 Å². The van der Waals surface area contributed by atoms with Crippen molar-refractivity contribution in [3.05, 3.63) is 39.7 Å². The minimum Gasteiger partial charge on any atom is -0.461 e. The van der Waals surface area contributed by atoms with Crippen LogP contribution in [0.5, 0.6) is 0 Å². The van der Waals surface area contributed by atoms with Gasteiger partial charge in [-0.1, -0.05) is 17.7 Å². The van der Waals surface area contributed by atoms with Crippen molar-refractivity contribution in [3.8, 4) is 0 Å². The summed E-state index contributed by atoms with van der Waals surface area (Å²) in [7, 11) is 0. The summed E-state index contributed by atoms with van der Waals surface area (Å²) < 4.78 is 46.8. The van der Waals surface area contributed by atoms with Gasteiger partial charge >= 0.3 is 12.1 Å². The molecule has 0 radical (unpaired) electrons. The largest absolute Gasteiger partial charge is 0.461 e. The van der Waals surface area contributed by atoms with Crippen LogP contribution in [0.3, 0.4) is 0 Å². The van der Waals surface area contributed by atoms with Crippen LogP contribution in [0.2, 0.25) is 5.02 Å². The summed E-state index contributed by atoms with van der Waals surface area (Å²) in [6.45, 7) is 5.93. The maximum absolute atomic E-state index is 13.5. The van der Waals surface area contributed by atoms with Crippen molar-refractivity contribution in [1.82, 2.24) is 9.55 Å². The fourth-order valence-corrected chi connectivity index (χ4v) is 3.83. The third-order valence-corrected chi connectivity index (χ3v) is 4.65. The third-order valence-electron chi connectivity index (χ3n) is 4.36. The lowest BCUT2D eigenvalue weighted by Crippen LogP contribution is -2.30. The molecule has 2 heterocycles. The highest BCUT2D eigenvalue weighted by molar-refractivity contribution is 6.33. The summed E-state index contributed by atoms with van der Waals surface area (Å²) in [6, 6.07) is 3.66. The van der Waals surface area contributed by atoms with Gasteiger partial charge in [-0.3, -0.25) is 0 Å². The highest BCUT2D eigenvalue weighted by atomic mass is 35.5. The number of aryl methyl sites for hydroxylation is 2. The number of halogens is 4. The number of ether oxygens (including phenoxy) is 1. The average molecular weight is 402 g/mol. The Morgan fingerprint density at radius 2 is 2.00 bits per heavy atom. The summed E-state index contributed by atoms with van der Waals surface area (Å²) >= 11 is 6.39. The summed E-state index contributed by atoms with van der Waals surface area (Å²) in [5, 5.41) is 0.426. The number of hydrogen-bond donors (Lipinski definition) is 0. The lowest BCUT2D eigenvalue weighted by Gasteiger charge is -2.31. The number of hydrogen-bond acceptors (Lipinski definition) is 4. The Kier molecular flexibility index (Phi) is 5.12. The van der Waals surface area contributed by atoms with Crippen LogP contribution in [0.4, 0.5) is 24.8 Å². The quantitative estimate of drug-likeness (QED) is 0.687. The number of esters is 1. The maximum atomic E-state index is 13.5. The predicted molar refractivity (Wildman–Crippen MR) is 95.7 cm³/mol. The summed E-state index contributed by atoms with van der Waals surface area (Å²) in [5.41, 5.74) is 0.568. The number of anilines is 2. The summed E-state index contributed by atoms with van der Waals surface area (Å²) in [4.78, 5) is 17.7. The van der Waals surface area contributed by atoms with Crippen molar-refractivity contribution >= 4 is 29.2 Å². The molecule has 1 aliphatic rings. The van der Waals surface area contributed by atoms with Crippen LogP contribution in [0.1, 0.15) is 40.7 Å². The molecule has 3 rings (SSSR count). The Labute approximate surface area is 159 Å². The molecule has 2 aromatic rings. The van der Waals surface area contributed by atoms with E-state index in [1.54, 1.807) is 17.9 Å². The van der Waals surface area contributed by atoms with E-state index in [4.69, 9.17) is 16.3 Å². The lowest BCUT2D eigenvalue weighted by molar-refractivity contribution is -0.141. The fourth-order valence-electron chi connectivity index (χ4n) is 3.41. The van der Waals surface area contributed by atoms with E-state index in [0.717, 1.165) is 11.1 Å². The zero-order valence-electron chi connectivity index (χ0n) is 15.2. The van der Waals surface area contributed by atoms with Gasteiger partial charge < -0.3 is 14.2 Å². The minimum atomic E-state index is -4.77. The van der Waals surface area contributed by atoms with Gasteiger partial charge in [0, 0.05) is 13.1 Å². The number of imidazole rings is 1. The minimum absolute atomic E-state index is 0.0245. The molecule has 1 aromatic heterocycles. The highest BCUT2D eigenvalue weighted by Crippen LogP contribution is 2.41. The van der Waals surface area contributed by atoms with Gasteiger partial charge in [0.25, 0.3) is 0 Å². The third kappa shape index (κ3) is 3.50. The lowest BCUT2D eigenvalue weighted by atomic mass is 10.1. The second-order valence-corrected chi connectivity index (χ2v) is 6.80. The van der Waals surface area contributed by atoms with Crippen molar-refractivity contribution in [1.29, 1.82) is 0 Å². The van der Waals surface area contributed by atoms with Gasteiger partial charge in [-0.25, -0.2) is 9.78 Å². The monoisotopic (exact) mass is 401 g/mol. The second-order valence-electron chi connectivity index (χ2n) is 6.40. The van der Waals surface area contributed by atoms with Crippen molar-refractivity contribution < 1.29 is 22.7 Å². The van der Waals surface area contributed by atoms with Crippen LogP contribution >= 0.6 is 11.6 Å². The molecule has 0 saturated carbocycles. The van der Waals surface area contributed by atoms with Gasteiger partial charge in [0.15, 0.2) is 11.4 Å². The summed E-state index contributed by atoms with van der Waals surface area (Å²) in [6.07, 6.45) is -4.24. The molecule has 146 valence electrons. The molecular formula is C18H19ClF3N3O2. The molecule has 5 nitrogen and oxygen atoms in total. The average Bonchev–Trinajstić information content (AvgIpc) is 2.95. The zero-order chi connectivity index (χ0) is 19.9. The Balaban J connectivity index is 2.21. The van der Waals surface area contributed by atoms with Crippen LogP contribution in [0, 0.1) is 13.8 Å². The van der Waals surface area contributed by atoms with Gasteiger partial charge in [0.05, 0.1) is 17.3 Å². The Bertz CT molecular complexity index is 870. The molecule has 9 heteroatoms. The number of fused-ring (bicyclic) bond motifs is 1. The van der Waals surface area contributed by atoms with E-state index in [-0.39, 0.29) is 19.1 Å². The number of nitrogens with zero attached hydrogens (tertiary/aromatic N) is 3. The topological polar surface area (TPSA) is 47.4 Å². The van der Waals surface area contributed by atoms with E-state index in [9.17, 15) is 18.0 Å². The molecule has 0 amide bonds. The van der Waals surface area contributed by atoms with E-state index >= 15 is 0 Å². The van der Waals surface area contributed by atoms with Crippen LogP contribution in [0.25, 0.3) is 0 Å². The van der Waals surface area contributed by atoms with E-state index in [0.29, 0.717) is 23.7 Å². The van der Waals surface area contributed by atoms with E-state index in [2.05, 4.69) is 4.98 Å². The molecule has 0 N–H and O–H groups in total. The number of carbonyl (C=O) groups excluding carboxylic acids is 1. The number of aromatic nitrogens is 2. The first-order valence-electron chi connectivity index (χ1n) is 8.54. The number of rotatable bonds is 3. The van der Waals surface area contributed by atoms with Crippen molar-refractivity contribution in [3.63, 3.8) is 0 Å². The fraction of sp³-hybridized carbons (Fsp3) is 0.444. The molecule has 0 fully saturated rings. The molecule has 0 unspecified atom stereocenters. The molecule has 0 bridgehead atoms. The van der Waals surface area contributed by atoms with Crippen molar-refractivity contribution in [2.24, 2.45) is 0 Å². The molecule has 1 aliphatic heterocycles. The molecule has 0 saturated heterocycles. The van der Waals surface area contributed by atoms with E-state index in [1.165, 1.54) is 4.57 Å². The van der Waals surface area contributed by atoms with Crippen molar-refractivity contribution in [2.45, 2.75) is 39.9 Å². The van der Waals surface area contributed by atoms with Gasteiger partial charge in [0.2, 0.25) is 5.95 Å². The number of carbonyl (C=O) groups is 1. The molecule has 27 heavy (non-hydrogen) atoms.